The molecule has 0 saturated heterocycles. The normalized spacial score (nSPS) is 13.1. The zero-order valence-corrected chi connectivity index (χ0v) is 44.3. The standard InChI is InChI=1S/C67H52N4OSi2/c1-73(2,3)52-31-25-48(26-32-52)70(46-21-17-43(41-68)18-22-46)50-29-35-54-55-36-30-51(71(47-23-19-44(42-69)20-24-47)49-27-33-53(34-28-49)74(4,5)6)40-62(55)67(61(54)39-50)59-15-10-12-45-11-9-14-58(64(45)59)65-60(67)38-37-57-56-13-7-8-16-63(56)72-66(57)65/h7-40H,1-6H3. The van der Waals surface area contributed by atoms with Gasteiger partial charge in [0.1, 0.15) is 11.2 Å². The number of hydrogen-bond donors (Lipinski definition) is 0. The minimum Gasteiger partial charge on any atom is -0.455 e. The van der Waals surface area contributed by atoms with Gasteiger partial charge >= 0.3 is 0 Å². The average Bonchev–Trinajstić information content (AvgIpc) is 3.99. The summed E-state index contributed by atoms with van der Waals surface area (Å²) in [6, 6.07) is 79.5. The molecule has 10 aromatic carbocycles. The molecule has 0 radical (unpaired) electrons. The van der Waals surface area contributed by atoms with E-state index >= 15 is 0 Å². The van der Waals surface area contributed by atoms with Crippen LogP contribution in [0.15, 0.2) is 211 Å². The number of nitrogens with zero attached hydrogens (tertiary/aromatic N) is 4. The van der Waals surface area contributed by atoms with E-state index in [9.17, 15) is 10.5 Å². The highest BCUT2D eigenvalue weighted by Crippen LogP contribution is 2.64. The molecule has 2 aliphatic carbocycles. The van der Waals surface area contributed by atoms with Gasteiger partial charge in [0.05, 0.1) is 44.8 Å². The van der Waals surface area contributed by atoms with Crippen molar-refractivity contribution in [3.05, 3.63) is 240 Å². The Morgan fingerprint density at radius 1 is 0.405 bits per heavy atom. The highest BCUT2D eigenvalue weighted by Gasteiger charge is 2.51. The molecule has 74 heavy (non-hydrogen) atoms. The molecule has 5 nitrogen and oxygen atoms in total. The van der Waals surface area contributed by atoms with Crippen LogP contribution >= 0.6 is 0 Å². The lowest BCUT2D eigenvalue weighted by Gasteiger charge is -2.40. The molecule has 7 heteroatoms. The predicted molar refractivity (Wildman–Crippen MR) is 312 cm³/mol. The smallest absolute Gasteiger partial charge is 0.143 e. The molecule has 0 unspecified atom stereocenters. The van der Waals surface area contributed by atoms with Crippen LogP contribution in [0.2, 0.25) is 39.3 Å². The van der Waals surface area contributed by atoms with E-state index in [1.807, 2.05) is 24.3 Å². The molecule has 1 aromatic heterocycles. The molecule has 2 aliphatic rings. The van der Waals surface area contributed by atoms with Gasteiger partial charge in [-0.1, -0.05) is 153 Å². The molecule has 1 heterocycles. The van der Waals surface area contributed by atoms with Crippen molar-refractivity contribution in [2.75, 3.05) is 9.80 Å². The summed E-state index contributed by atoms with van der Waals surface area (Å²) in [6.45, 7) is 14.3. The molecule has 0 N–H and O–H groups in total. The summed E-state index contributed by atoms with van der Waals surface area (Å²) in [5, 5.41) is 27.2. The lowest BCUT2D eigenvalue weighted by molar-refractivity contribution is 0.667. The van der Waals surface area contributed by atoms with Crippen LogP contribution in [0, 0.1) is 22.7 Å². The molecule has 0 bridgehead atoms. The molecule has 13 rings (SSSR count). The molecule has 11 aromatic rings. The van der Waals surface area contributed by atoms with Crippen molar-refractivity contribution in [3.8, 4) is 34.4 Å². The van der Waals surface area contributed by atoms with Gasteiger partial charge in [-0.2, -0.15) is 10.5 Å². The summed E-state index contributed by atoms with van der Waals surface area (Å²) in [6.07, 6.45) is 0. The van der Waals surface area contributed by atoms with Gasteiger partial charge in [-0.3, -0.25) is 0 Å². The van der Waals surface area contributed by atoms with Gasteiger partial charge in [0.15, 0.2) is 0 Å². The number of furan rings is 1. The Bertz CT molecular complexity index is 3990. The third-order valence-corrected chi connectivity index (χ3v) is 19.8. The Hall–Kier alpha value is -8.73. The Morgan fingerprint density at radius 2 is 0.878 bits per heavy atom. The van der Waals surface area contributed by atoms with E-state index in [2.05, 4.69) is 243 Å². The Morgan fingerprint density at radius 3 is 1.38 bits per heavy atom. The largest absolute Gasteiger partial charge is 0.455 e. The van der Waals surface area contributed by atoms with E-state index in [4.69, 9.17) is 4.42 Å². The molecule has 0 amide bonds. The zero-order valence-electron chi connectivity index (χ0n) is 42.3. The van der Waals surface area contributed by atoms with Crippen LogP contribution in [-0.4, -0.2) is 16.1 Å². The van der Waals surface area contributed by atoms with Crippen molar-refractivity contribution in [1.29, 1.82) is 10.5 Å². The monoisotopic (exact) mass is 984 g/mol. The van der Waals surface area contributed by atoms with E-state index in [0.29, 0.717) is 11.1 Å². The van der Waals surface area contributed by atoms with Crippen molar-refractivity contribution in [2.24, 2.45) is 0 Å². The molecule has 0 atom stereocenters. The fourth-order valence-electron chi connectivity index (χ4n) is 12.0. The number of benzene rings is 10. The second kappa shape index (κ2) is 16.7. The molecule has 0 saturated carbocycles. The van der Waals surface area contributed by atoms with Crippen LogP contribution in [0.3, 0.4) is 0 Å². The number of para-hydroxylation sites is 1. The second-order valence-corrected chi connectivity index (χ2v) is 32.1. The first-order chi connectivity index (χ1) is 35.8. The second-order valence-electron chi connectivity index (χ2n) is 22.0. The van der Waals surface area contributed by atoms with Crippen LogP contribution in [-0.2, 0) is 5.41 Å². The number of anilines is 6. The first-order valence-corrected chi connectivity index (χ1v) is 32.4. The van der Waals surface area contributed by atoms with E-state index in [1.54, 1.807) is 0 Å². The van der Waals surface area contributed by atoms with Gasteiger partial charge in [0, 0.05) is 50.5 Å². The fraction of sp³-hybridized carbons (Fsp3) is 0.104. The van der Waals surface area contributed by atoms with Gasteiger partial charge in [-0.05, 0) is 153 Å². The van der Waals surface area contributed by atoms with Crippen LogP contribution in [0.25, 0.3) is 55.0 Å². The summed E-state index contributed by atoms with van der Waals surface area (Å²) in [4.78, 5) is 4.68. The third-order valence-electron chi connectivity index (χ3n) is 15.6. The highest BCUT2D eigenvalue weighted by molar-refractivity contribution is 6.89. The van der Waals surface area contributed by atoms with Crippen molar-refractivity contribution >= 4 is 93.4 Å². The first kappa shape index (κ1) is 45.2. The number of hydrogen-bond acceptors (Lipinski definition) is 5. The maximum atomic E-state index is 9.92. The van der Waals surface area contributed by atoms with Gasteiger partial charge in [0.2, 0.25) is 0 Å². The van der Waals surface area contributed by atoms with Crippen molar-refractivity contribution in [1.82, 2.24) is 0 Å². The van der Waals surface area contributed by atoms with E-state index in [1.165, 1.54) is 54.5 Å². The number of rotatable bonds is 8. The van der Waals surface area contributed by atoms with E-state index < -0.39 is 21.6 Å². The van der Waals surface area contributed by atoms with Crippen molar-refractivity contribution in [3.63, 3.8) is 0 Å². The topological polar surface area (TPSA) is 67.2 Å². The molecule has 1 spiro atoms. The van der Waals surface area contributed by atoms with Gasteiger partial charge < -0.3 is 14.2 Å². The summed E-state index contributed by atoms with van der Waals surface area (Å²) >= 11 is 0. The van der Waals surface area contributed by atoms with E-state index in [0.717, 1.165) is 67.2 Å². The lowest BCUT2D eigenvalue weighted by Crippen LogP contribution is -2.37. The quantitative estimate of drug-likeness (QED) is 0.142. The minimum absolute atomic E-state index is 0.617. The van der Waals surface area contributed by atoms with Gasteiger partial charge in [-0.25, -0.2) is 0 Å². The van der Waals surface area contributed by atoms with Crippen LogP contribution in [0.5, 0.6) is 0 Å². The maximum absolute atomic E-state index is 9.92. The third kappa shape index (κ3) is 6.85. The van der Waals surface area contributed by atoms with Crippen molar-refractivity contribution in [2.45, 2.75) is 44.7 Å². The predicted octanol–water partition coefficient (Wildman–Crippen LogP) is 16.9. The number of fused-ring (bicyclic) bond motifs is 13. The highest BCUT2D eigenvalue weighted by atomic mass is 28.3. The van der Waals surface area contributed by atoms with Crippen molar-refractivity contribution < 1.29 is 4.42 Å². The van der Waals surface area contributed by atoms with Gasteiger partial charge in [-0.15, -0.1) is 0 Å². The Balaban J connectivity index is 1.13. The van der Waals surface area contributed by atoms with Crippen LogP contribution in [0.4, 0.5) is 34.1 Å². The van der Waals surface area contributed by atoms with E-state index in [-0.39, 0.29) is 0 Å². The zero-order chi connectivity index (χ0) is 50.7. The molecule has 0 fully saturated rings. The molecule has 0 aliphatic heterocycles. The van der Waals surface area contributed by atoms with Gasteiger partial charge in [0.25, 0.3) is 0 Å². The molecular formula is C67H52N4OSi2. The summed E-state index contributed by atoms with van der Waals surface area (Å²) in [7, 11) is -3.21. The summed E-state index contributed by atoms with van der Waals surface area (Å²) in [5.41, 5.74) is 17.6. The fourth-order valence-corrected chi connectivity index (χ4v) is 14.4. The average molecular weight is 985 g/mol. The summed E-state index contributed by atoms with van der Waals surface area (Å²) in [5.74, 6) is 0. The summed E-state index contributed by atoms with van der Waals surface area (Å²) < 4.78 is 7.08. The minimum atomic E-state index is -1.60. The number of nitriles is 2. The lowest BCUT2D eigenvalue weighted by atomic mass is 9.61. The van der Waals surface area contributed by atoms with Crippen LogP contribution in [0.1, 0.15) is 33.4 Å². The molecular weight excluding hydrogens is 933 g/mol. The SMILES string of the molecule is C[Si](C)(C)c1ccc(N(c2ccc(C#N)cc2)c2ccc3c(c2)C2(c4cc(N(c5ccc(C#N)cc5)c5ccc([Si](C)(C)C)cc5)ccc4-3)c3ccc4c(oc5ccccc54)c3-c3cccc4cccc2c34)cc1. The Labute approximate surface area is 434 Å². The molecule has 354 valence electrons. The maximum Gasteiger partial charge on any atom is 0.143 e. The van der Waals surface area contributed by atoms with Crippen LogP contribution < -0.4 is 20.2 Å². The Kier molecular flexibility index (Phi) is 10.2. The first-order valence-electron chi connectivity index (χ1n) is 25.4.